The first kappa shape index (κ1) is 20.5. The summed E-state index contributed by atoms with van der Waals surface area (Å²) in [4.78, 5) is 29.0. The summed E-state index contributed by atoms with van der Waals surface area (Å²) < 4.78 is 18.9. The summed E-state index contributed by atoms with van der Waals surface area (Å²) in [5.74, 6) is -0.234. The van der Waals surface area contributed by atoms with E-state index < -0.39 is 11.7 Å². The minimum atomic E-state index is -0.435. The Morgan fingerprint density at radius 2 is 1.97 bits per heavy atom. The molecule has 0 saturated carbocycles. The van der Waals surface area contributed by atoms with Crippen LogP contribution in [0.25, 0.3) is 0 Å². The highest BCUT2D eigenvalue weighted by Crippen LogP contribution is 2.30. The van der Waals surface area contributed by atoms with Crippen molar-refractivity contribution in [2.24, 2.45) is 5.10 Å². The number of aromatic nitrogens is 1. The molecule has 31 heavy (non-hydrogen) atoms. The zero-order valence-corrected chi connectivity index (χ0v) is 16.9. The van der Waals surface area contributed by atoms with Gasteiger partial charge in [0.05, 0.1) is 5.71 Å². The van der Waals surface area contributed by atoms with E-state index in [2.05, 4.69) is 20.8 Å². The van der Waals surface area contributed by atoms with Crippen molar-refractivity contribution in [2.75, 3.05) is 0 Å². The molecule has 1 aliphatic carbocycles. The molecule has 7 nitrogen and oxygen atoms in total. The normalized spacial score (nSPS) is 14.2. The summed E-state index contributed by atoms with van der Waals surface area (Å²) in [6, 6.07) is 8.91. The van der Waals surface area contributed by atoms with Gasteiger partial charge in [0.15, 0.2) is 5.76 Å². The van der Waals surface area contributed by atoms with Gasteiger partial charge in [-0.1, -0.05) is 6.07 Å². The van der Waals surface area contributed by atoms with Crippen LogP contribution in [0.2, 0.25) is 0 Å². The summed E-state index contributed by atoms with van der Waals surface area (Å²) in [6.45, 7) is 2.15. The second kappa shape index (κ2) is 8.91. The Kier molecular flexibility index (Phi) is 5.88. The van der Waals surface area contributed by atoms with E-state index in [4.69, 9.17) is 4.42 Å². The summed E-state index contributed by atoms with van der Waals surface area (Å²) in [6.07, 6.45) is 5.49. The molecular weight excluding hydrogens is 399 g/mol. The van der Waals surface area contributed by atoms with E-state index in [0.29, 0.717) is 42.0 Å². The van der Waals surface area contributed by atoms with E-state index in [1.807, 2.05) is 13.0 Å². The molecule has 1 aromatic carbocycles. The van der Waals surface area contributed by atoms with Crippen molar-refractivity contribution in [1.29, 1.82) is 0 Å². The number of carbonyl (C=O) groups is 2. The third kappa shape index (κ3) is 4.53. The van der Waals surface area contributed by atoms with Crippen LogP contribution >= 0.6 is 0 Å². The quantitative estimate of drug-likeness (QED) is 0.617. The van der Waals surface area contributed by atoms with Gasteiger partial charge in [0, 0.05) is 42.0 Å². The number of halogens is 1. The Hall–Kier alpha value is -3.81. The van der Waals surface area contributed by atoms with Gasteiger partial charge < -0.3 is 9.73 Å². The predicted octanol–water partition coefficient (Wildman–Crippen LogP) is 3.52. The summed E-state index contributed by atoms with van der Waals surface area (Å²) in [5.41, 5.74) is 5.82. The molecule has 8 heteroatoms. The highest BCUT2D eigenvalue weighted by atomic mass is 19.1. The average molecular weight is 420 g/mol. The minimum absolute atomic E-state index is 0.244. The fraction of sp³-hybridized carbons (Fsp3) is 0.217. The van der Waals surface area contributed by atoms with Gasteiger partial charge in [-0.3, -0.25) is 14.6 Å². The van der Waals surface area contributed by atoms with E-state index in [1.54, 1.807) is 18.5 Å². The third-order valence-corrected chi connectivity index (χ3v) is 5.11. The number of hydrogen-bond donors (Lipinski definition) is 2. The van der Waals surface area contributed by atoms with Crippen LogP contribution in [0.5, 0.6) is 0 Å². The van der Waals surface area contributed by atoms with Crippen molar-refractivity contribution in [1.82, 2.24) is 15.7 Å². The van der Waals surface area contributed by atoms with Crippen LogP contribution in [-0.4, -0.2) is 22.5 Å². The second-order valence-corrected chi connectivity index (χ2v) is 7.26. The lowest BCUT2D eigenvalue weighted by atomic mass is 9.93. The monoisotopic (exact) mass is 420 g/mol. The summed E-state index contributed by atoms with van der Waals surface area (Å²) in [7, 11) is 0. The molecule has 2 N–H and O–H groups in total. The predicted molar refractivity (Wildman–Crippen MR) is 112 cm³/mol. The van der Waals surface area contributed by atoms with Crippen LogP contribution in [0.4, 0.5) is 4.39 Å². The van der Waals surface area contributed by atoms with Gasteiger partial charge in [0.25, 0.3) is 11.8 Å². The van der Waals surface area contributed by atoms with E-state index in [-0.39, 0.29) is 11.7 Å². The molecule has 2 heterocycles. The molecule has 3 aromatic rings. The van der Waals surface area contributed by atoms with Gasteiger partial charge >= 0.3 is 0 Å². The van der Waals surface area contributed by atoms with Crippen LogP contribution in [0, 0.1) is 12.7 Å². The first-order chi connectivity index (χ1) is 15.0. The van der Waals surface area contributed by atoms with Crippen molar-refractivity contribution < 1.29 is 18.4 Å². The van der Waals surface area contributed by atoms with Gasteiger partial charge in [0.1, 0.15) is 11.6 Å². The van der Waals surface area contributed by atoms with Crippen LogP contribution in [0.3, 0.4) is 0 Å². The number of nitrogens with zero attached hydrogens (tertiary/aromatic N) is 2. The maximum atomic E-state index is 13.1. The third-order valence-electron chi connectivity index (χ3n) is 5.11. The number of hydrazone groups is 1. The van der Waals surface area contributed by atoms with Gasteiger partial charge in [-0.15, -0.1) is 0 Å². The molecule has 2 aromatic heterocycles. The Balaban J connectivity index is 1.51. The van der Waals surface area contributed by atoms with E-state index >= 15 is 0 Å². The fourth-order valence-corrected chi connectivity index (χ4v) is 3.55. The van der Waals surface area contributed by atoms with Crippen LogP contribution in [0.15, 0.2) is 58.3 Å². The standard InChI is InChI=1S/C23H21FN4O3/c1-14-20-18(27-28-22(29)16-7-9-17(24)10-8-16)5-2-6-19(20)31-21(14)23(30)26-13-15-4-3-11-25-12-15/h3-4,7-12H,2,5-6,13H2,1H3,(H,26,30)(H,28,29)/b27-18+. The summed E-state index contributed by atoms with van der Waals surface area (Å²) >= 11 is 0. The number of rotatable bonds is 5. The number of benzene rings is 1. The highest BCUT2D eigenvalue weighted by Gasteiger charge is 2.28. The average Bonchev–Trinajstić information content (AvgIpc) is 3.14. The van der Waals surface area contributed by atoms with Gasteiger partial charge in [-0.05, 0) is 55.7 Å². The molecule has 1 aliphatic rings. The highest BCUT2D eigenvalue weighted by molar-refractivity contribution is 6.07. The van der Waals surface area contributed by atoms with Crippen molar-refractivity contribution in [2.45, 2.75) is 32.7 Å². The summed E-state index contributed by atoms with van der Waals surface area (Å²) in [5, 5.41) is 7.12. The van der Waals surface area contributed by atoms with E-state index in [1.165, 1.54) is 24.3 Å². The van der Waals surface area contributed by atoms with Crippen molar-refractivity contribution >= 4 is 17.5 Å². The Labute approximate surface area is 178 Å². The number of amides is 2. The zero-order chi connectivity index (χ0) is 21.8. The van der Waals surface area contributed by atoms with Crippen molar-refractivity contribution in [3.8, 4) is 0 Å². The molecule has 0 atom stereocenters. The smallest absolute Gasteiger partial charge is 0.287 e. The Morgan fingerprint density at radius 3 is 2.71 bits per heavy atom. The number of pyridine rings is 1. The SMILES string of the molecule is Cc1c(C(=O)NCc2cccnc2)oc2c1/C(=N/NC(=O)c1ccc(F)cc1)CCC2. The minimum Gasteiger partial charge on any atom is -0.455 e. The lowest BCUT2D eigenvalue weighted by molar-refractivity contribution is 0.0919. The molecule has 0 saturated heterocycles. The maximum Gasteiger partial charge on any atom is 0.287 e. The number of fused-ring (bicyclic) bond motifs is 1. The molecule has 0 unspecified atom stereocenters. The number of furan rings is 1. The molecular formula is C23H21FN4O3. The molecule has 0 radical (unpaired) electrons. The molecule has 4 rings (SSSR count). The van der Waals surface area contributed by atoms with Crippen LogP contribution < -0.4 is 10.7 Å². The van der Waals surface area contributed by atoms with Crippen molar-refractivity contribution in [3.63, 3.8) is 0 Å². The molecule has 0 fully saturated rings. The molecule has 0 bridgehead atoms. The molecule has 158 valence electrons. The number of hydrogen-bond acceptors (Lipinski definition) is 5. The van der Waals surface area contributed by atoms with Gasteiger partial charge in [-0.25, -0.2) is 9.82 Å². The zero-order valence-electron chi connectivity index (χ0n) is 16.9. The molecule has 0 aliphatic heterocycles. The lowest BCUT2D eigenvalue weighted by Gasteiger charge is -2.13. The maximum absolute atomic E-state index is 13.1. The van der Waals surface area contributed by atoms with Crippen LogP contribution in [0.1, 0.15) is 56.2 Å². The Morgan fingerprint density at radius 1 is 1.16 bits per heavy atom. The number of nitrogens with one attached hydrogen (secondary N) is 2. The van der Waals surface area contributed by atoms with E-state index in [0.717, 1.165) is 17.5 Å². The topological polar surface area (TPSA) is 96.6 Å². The van der Waals surface area contributed by atoms with Crippen molar-refractivity contribution in [3.05, 3.63) is 88.4 Å². The number of carbonyl (C=O) groups excluding carboxylic acids is 2. The fourth-order valence-electron chi connectivity index (χ4n) is 3.55. The van der Waals surface area contributed by atoms with Gasteiger partial charge in [-0.2, -0.15) is 5.10 Å². The lowest BCUT2D eigenvalue weighted by Crippen LogP contribution is -2.23. The van der Waals surface area contributed by atoms with E-state index in [9.17, 15) is 14.0 Å². The van der Waals surface area contributed by atoms with Crippen LogP contribution in [-0.2, 0) is 13.0 Å². The first-order valence-electron chi connectivity index (χ1n) is 9.95. The second-order valence-electron chi connectivity index (χ2n) is 7.26. The largest absolute Gasteiger partial charge is 0.455 e. The first-order valence-corrected chi connectivity index (χ1v) is 9.95. The molecule has 0 spiro atoms. The Bertz CT molecular complexity index is 1140. The van der Waals surface area contributed by atoms with Gasteiger partial charge in [0.2, 0.25) is 0 Å². The number of aryl methyl sites for hydroxylation is 1. The molecule has 2 amide bonds.